The van der Waals surface area contributed by atoms with E-state index in [0.29, 0.717) is 34.4 Å². The predicted molar refractivity (Wildman–Crippen MR) is 103 cm³/mol. The third-order valence-electron chi connectivity index (χ3n) is 3.77. The first kappa shape index (κ1) is 19.9. The number of rotatable bonds is 7. The summed E-state index contributed by atoms with van der Waals surface area (Å²) >= 11 is 6.06. The van der Waals surface area contributed by atoms with Gasteiger partial charge in [0.05, 0.1) is 20.3 Å². The third-order valence-corrected chi connectivity index (χ3v) is 4.01. The van der Waals surface area contributed by atoms with Crippen molar-refractivity contribution in [3.8, 4) is 17.2 Å². The molecule has 0 aliphatic heterocycles. The van der Waals surface area contributed by atoms with Crippen molar-refractivity contribution in [1.29, 1.82) is 0 Å². The van der Waals surface area contributed by atoms with E-state index in [1.165, 1.54) is 0 Å². The molecule has 0 spiro atoms. The van der Waals surface area contributed by atoms with E-state index in [4.69, 9.17) is 25.8 Å². The average Bonchev–Trinajstić information content (AvgIpc) is 2.61. The van der Waals surface area contributed by atoms with Crippen LogP contribution in [0.4, 0.5) is 0 Å². The number of hydrogen-bond donors (Lipinski definition) is 0. The zero-order chi connectivity index (χ0) is 19.3. The number of carbonyl (C=O) groups excluding carboxylic acids is 1. The van der Waals surface area contributed by atoms with Gasteiger partial charge in [0.1, 0.15) is 5.75 Å². The molecule has 0 saturated heterocycles. The van der Waals surface area contributed by atoms with E-state index >= 15 is 0 Å². The minimum Gasteiger partial charge on any atom is -0.496 e. The lowest BCUT2D eigenvalue weighted by atomic mass is 10.1. The second-order valence-corrected chi connectivity index (χ2v) is 6.59. The first-order valence-corrected chi connectivity index (χ1v) is 8.66. The molecule has 5 nitrogen and oxygen atoms in total. The maximum atomic E-state index is 12.8. The normalized spacial score (nSPS) is 10.6. The molecule has 0 atom stereocenters. The number of ether oxygens (including phenoxy) is 3. The summed E-state index contributed by atoms with van der Waals surface area (Å²) in [4.78, 5) is 14.4. The number of amides is 1. The van der Waals surface area contributed by atoms with Gasteiger partial charge in [0.25, 0.3) is 5.91 Å². The van der Waals surface area contributed by atoms with E-state index in [-0.39, 0.29) is 12.0 Å². The Balaban J connectivity index is 2.21. The van der Waals surface area contributed by atoms with Crippen LogP contribution < -0.4 is 14.2 Å². The summed E-state index contributed by atoms with van der Waals surface area (Å²) < 4.78 is 16.4. The number of hydrogen-bond acceptors (Lipinski definition) is 4. The van der Waals surface area contributed by atoms with Crippen molar-refractivity contribution in [3.63, 3.8) is 0 Å². The highest BCUT2D eigenvalue weighted by Gasteiger charge is 2.17. The smallest absolute Gasteiger partial charge is 0.254 e. The van der Waals surface area contributed by atoms with Crippen LogP contribution in [0, 0.1) is 0 Å². The Morgan fingerprint density at radius 1 is 1.04 bits per heavy atom. The fourth-order valence-corrected chi connectivity index (χ4v) is 2.77. The van der Waals surface area contributed by atoms with E-state index in [1.807, 2.05) is 13.8 Å². The summed E-state index contributed by atoms with van der Waals surface area (Å²) in [7, 11) is 4.87. The van der Waals surface area contributed by atoms with Crippen LogP contribution in [0.2, 0.25) is 5.02 Å². The lowest BCUT2D eigenvalue weighted by Gasteiger charge is -2.20. The highest BCUT2D eigenvalue weighted by molar-refractivity contribution is 6.30. The number of methoxy groups -OCH3 is 2. The maximum absolute atomic E-state index is 12.8. The van der Waals surface area contributed by atoms with E-state index in [9.17, 15) is 4.79 Å². The number of nitrogens with zero attached hydrogens (tertiary/aromatic N) is 1. The second-order valence-electron chi connectivity index (χ2n) is 6.15. The van der Waals surface area contributed by atoms with Gasteiger partial charge in [-0.1, -0.05) is 11.6 Å². The summed E-state index contributed by atoms with van der Waals surface area (Å²) in [5.41, 5.74) is 1.35. The lowest BCUT2D eigenvalue weighted by molar-refractivity contribution is 0.0783. The summed E-state index contributed by atoms with van der Waals surface area (Å²) in [5, 5.41) is 0.596. The van der Waals surface area contributed by atoms with Gasteiger partial charge in [-0.15, -0.1) is 0 Å². The molecule has 2 aromatic rings. The Bertz CT molecular complexity index is 776. The molecule has 0 N–H and O–H groups in total. The quantitative estimate of drug-likeness (QED) is 0.716. The van der Waals surface area contributed by atoms with Crippen LogP contribution in [-0.4, -0.2) is 38.2 Å². The molecule has 0 bridgehead atoms. The molecule has 0 saturated carbocycles. The Morgan fingerprint density at radius 2 is 1.69 bits per heavy atom. The van der Waals surface area contributed by atoms with E-state index in [1.54, 1.807) is 62.6 Å². The van der Waals surface area contributed by atoms with Gasteiger partial charge in [0, 0.05) is 29.7 Å². The maximum Gasteiger partial charge on any atom is 0.254 e. The van der Waals surface area contributed by atoms with Crippen LogP contribution in [0.25, 0.3) is 0 Å². The van der Waals surface area contributed by atoms with Gasteiger partial charge >= 0.3 is 0 Å². The topological polar surface area (TPSA) is 48.0 Å². The molecule has 2 aromatic carbocycles. The minimum absolute atomic E-state index is 0.0171. The largest absolute Gasteiger partial charge is 0.496 e. The van der Waals surface area contributed by atoms with Crippen LogP contribution in [0.15, 0.2) is 36.4 Å². The monoisotopic (exact) mass is 377 g/mol. The Kier molecular flexibility index (Phi) is 6.75. The van der Waals surface area contributed by atoms with Crippen LogP contribution >= 0.6 is 11.6 Å². The average molecular weight is 378 g/mol. The molecule has 6 heteroatoms. The number of benzene rings is 2. The fourth-order valence-electron chi connectivity index (χ4n) is 2.57. The third kappa shape index (κ3) is 4.82. The molecule has 140 valence electrons. The minimum atomic E-state index is -0.138. The zero-order valence-electron chi connectivity index (χ0n) is 15.7. The summed E-state index contributed by atoms with van der Waals surface area (Å²) in [6.07, 6.45) is 0.0171. The fraction of sp³-hybridized carbons (Fsp3) is 0.350. The first-order chi connectivity index (χ1) is 12.3. The highest BCUT2D eigenvalue weighted by Crippen LogP contribution is 2.30. The molecular formula is C20H24ClNO4. The predicted octanol–water partition coefficient (Wildman–Crippen LogP) is 4.42. The van der Waals surface area contributed by atoms with Gasteiger partial charge in [-0.25, -0.2) is 0 Å². The molecule has 0 fully saturated rings. The van der Waals surface area contributed by atoms with Crippen LogP contribution in [-0.2, 0) is 6.54 Å². The van der Waals surface area contributed by atoms with Gasteiger partial charge in [0.2, 0.25) is 0 Å². The summed E-state index contributed by atoms with van der Waals surface area (Å²) in [6, 6.07) is 10.5. The summed E-state index contributed by atoms with van der Waals surface area (Å²) in [6.45, 7) is 4.24. The molecule has 0 heterocycles. The van der Waals surface area contributed by atoms with Crippen LogP contribution in [0.1, 0.15) is 29.8 Å². The first-order valence-electron chi connectivity index (χ1n) is 8.28. The van der Waals surface area contributed by atoms with Crippen LogP contribution in [0.3, 0.4) is 0 Å². The molecule has 1 amide bonds. The SMILES string of the molecule is COc1ccc(Cl)cc1CN(C)C(=O)c1ccc(OC(C)C)c(OC)c1. The molecule has 0 unspecified atom stereocenters. The van der Waals surface area contributed by atoms with Crippen molar-refractivity contribution >= 4 is 17.5 Å². The van der Waals surface area contributed by atoms with E-state index < -0.39 is 0 Å². The van der Waals surface area contributed by atoms with Crippen molar-refractivity contribution in [2.75, 3.05) is 21.3 Å². The van der Waals surface area contributed by atoms with Crippen molar-refractivity contribution in [2.24, 2.45) is 0 Å². The van der Waals surface area contributed by atoms with Crippen molar-refractivity contribution in [2.45, 2.75) is 26.5 Å². The van der Waals surface area contributed by atoms with Crippen LogP contribution in [0.5, 0.6) is 17.2 Å². The number of carbonyl (C=O) groups is 1. The highest BCUT2D eigenvalue weighted by atomic mass is 35.5. The Labute approximate surface area is 159 Å². The van der Waals surface area contributed by atoms with Crippen molar-refractivity contribution < 1.29 is 19.0 Å². The van der Waals surface area contributed by atoms with E-state index in [2.05, 4.69) is 0 Å². The molecule has 26 heavy (non-hydrogen) atoms. The van der Waals surface area contributed by atoms with Gasteiger partial charge in [-0.3, -0.25) is 4.79 Å². The lowest BCUT2D eigenvalue weighted by Crippen LogP contribution is -2.26. The van der Waals surface area contributed by atoms with Gasteiger partial charge in [-0.2, -0.15) is 0 Å². The zero-order valence-corrected chi connectivity index (χ0v) is 16.5. The molecule has 0 aromatic heterocycles. The molecular weight excluding hydrogens is 354 g/mol. The second kappa shape index (κ2) is 8.81. The van der Waals surface area contributed by atoms with Crippen molar-refractivity contribution in [3.05, 3.63) is 52.5 Å². The van der Waals surface area contributed by atoms with Gasteiger partial charge in [-0.05, 0) is 50.2 Å². The number of halogens is 1. The molecule has 0 radical (unpaired) electrons. The standard InChI is InChI=1S/C20H24ClNO4/c1-13(2)26-18-8-6-14(11-19(18)25-5)20(23)22(3)12-15-10-16(21)7-9-17(15)24-4/h6-11,13H,12H2,1-5H3. The molecule has 0 aliphatic carbocycles. The molecule has 2 rings (SSSR count). The Morgan fingerprint density at radius 3 is 2.31 bits per heavy atom. The molecule has 0 aliphatic rings. The van der Waals surface area contributed by atoms with Crippen molar-refractivity contribution in [1.82, 2.24) is 4.90 Å². The summed E-state index contributed by atoms with van der Waals surface area (Å²) in [5.74, 6) is 1.69. The van der Waals surface area contributed by atoms with Gasteiger partial charge in [0.15, 0.2) is 11.5 Å². The Hall–Kier alpha value is -2.40. The van der Waals surface area contributed by atoms with E-state index in [0.717, 1.165) is 5.56 Å². The van der Waals surface area contributed by atoms with Gasteiger partial charge < -0.3 is 19.1 Å².